The lowest BCUT2D eigenvalue weighted by Crippen LogP contribution is -2.20. The lowest BCUT2D eigenvalue weighted by atomic mass is 10.2. The molecule has 0 saturated carbocycles. The first-order valence-electron chi connectivity index (χ1n) is 7.91. The number of hydrogen-bond acceptors (Lipinski definition) is 5. The third-order valence-electron chi connectivity index (χ3n) is 3.71. The number of hydrogen-bond donors (Lipinski definition) is 1. The van der Waals surface area contributed by atoms with Gasteiger partial charge in [0.05, 0.1) is 22.5 Å². The first-order valence-corrected chi connectivity index (χ1v) is 8.29. The van der Waals surface area contributed by atoms with Crippen molar-refractivity contribution in [3.63, 3.8) is 0 Å². The molecule has 9 heteroatoms. The highest BCUT2D eigenvalue weighted by Gasteiger charge is 2.31. The van der Waals surface area contributed by atoms with Gasteiger partial charge in [-0.15, -0.1) is 5.10 Å². The van der Waals surface area contributed by atoms with Crippen LogP contribution in [0.3, 0.4) is 0 Å². The molecule has 5 nitrogen and oxygen atoms in total. The molecule has 0 fully saturated rings. The lowest BCUT2D eigenvalue weighted by Gasteiger charge is -2.17. The molecule has 1 heterocycles. The summed E-state index contributed by atoms with van der Waals surface area (Å²) in [6.07, 6.45) is -3.15. The second-order valence-corrected chi connectivity index (χ2v) is 6.21. The van der Waals surface area contributed by atoms with Crippen LogP contribution in [0.2, 0.25) is 5.02 Å². The number of benzene rings is 2. The summed E-state index contributed by atoms with van der Waals surface area (Å²) in [6, 6.07) is 12.7. The number of rotatable bonds is 5. The summed E-state index contributed by atoms with van der Waals surface area (Å²) >= 11 is 6.00. The minimum absolute atomic E-state index is 0.0867. The predicted molar refractivity (Wildman–Crippen MR) is 98.1 cm³/mol. The second-order valence-electron chi connectivity index (χ2n) is 5.80. The highest BCUT2D eigenvalue weighted by Crippen LogP contribution is 2.34. The smallest absolute Gasteiger partial charge is 0.338 e. The normalized spacial score (nSPS) is 11.3. The van der Waals surface area contributed by atoms with Crippen LogP contribution in [0.4, 0.5) is 30.6 Å². The van der Waals surface area contributed by atoms with Gasteiger partial charge in [0.1, 0.15) is 0 Å². The summed E-state index contributed by atoms with van der Waals surface area (Å²) in [5.74, 6) is 0.563. The van der Waals surface area contributed by atoms with Crippen LogP contribution in [-0.4, -0.2) is 22.2 Å². The highest BCUT2D eigenvalue weighted by atomic mass is 35.5. The Hall–Kier alpha value is -2.87. The Morgan fingerprint density at radius 1 is 1.11 bits per heavy atom. The van der Waals surface area contributed by atoms with Crippen LogP contribution in [0.15, 0.2) is 54.7 Å². The highest BCUT2D eigenvalue weighted by molar-refractivity contribution is 6.33. The van der Waals surface area contributed by atoms with E-state index in [1.165, 1.54) is 12.3 Å². The minimum atomic E-state index is -4.47. The Labute approximate surface area is 158 Å². The van der Waals surface area contributed by atoms with Crippen LogP contribution in [0.1, 0.15) is 11.1 Å². The van der Waals surface area contributed by atoms with E-state index in [1.807, 2.05) is 30.3 Å². The van der Waals surface area contributed by atoms with Crippen LogP contribution in [0, 0.1) is 0 Å². The van der Waals surface area contributed by atoms with E-state index in [0.29, 0.717) is 12.5 Å². The largest absolute Gasteiger partial charge is 0.416 e. The molecule has 3 aromatic rings. The zero-order valence-electron chi connectivity index (χ0n) is 14.2. The van der Waals surface area contributed by atoms with Crippen molar-refractivity contribution < 1.29 is 13.2 Å². The fraction of sp³-hybridized carbons (Fsp3) is 0.167. The molecule has 0 amide bonds. The molecule has 140 valence electrons. The Morgan fingerprint density at radius 3 is 2.56 bits per heavy atom. The monoisotopic (exact) mass is 393 g/mol. The van der Waals surface area contributed by atoms with Gasteiger partial charge in [0, 0.05) is 13.6 Å². The van der Waals surface area contributed by atoms with E-state index in [9.17, 15) is 13.2 Å². The Balaban J connectivity index is 1.80. The maximum Gasteiger partial charge on any atom is 0.416 e. The molecule has 0 unspecified atom stereocenters. The first-order chi connectivity index (χ1) is 12.8. The van der Waals surface area contributed by atoms with Gasteiger partial charge in [-0.2, -0.15) is 23.3 Å². The van der Waals surface area contributed by atoms with Gasteiger partial charge in [0.15, 0.2) is 5.82 Å². The van der Waals surface area contributed by atoms with E-state index in [0.717, 1.165) is 17.7 Å². The number of nitrogens with one attached hydrogen (secondary N) is 1. The standard InChI is InChI=1S/C18H15ClF3N5/c1-27(11-12-5-3-2-4-6-12)17-25-16(10-23-26-17)24-15-9-13(18(20,21)22)7-8-14(15)19/h2-10H,11H2,1H3,(H,24,25,26). The zero-order chi connectivity index (χ0) is 19.4. The predicted octanol–water partition coefficient (Wildman–Crippen LogP) is 4.92. The van der Waals surface area contributed by atoms with Crippen molar-refractivity contribution in [3.8, 4) is 0 Å². The summed E-state index contributed by atoms with van der Waals surface area (Å²) in [4.78, 5) is 6.08. The van der Waals surface area contributed by atoms with Gasteiger partial charge in [-0.25, -0.2) is 0 Å². The van der Waals surface area contributed by atoms with Crippen molar-refractivity contribution in [2.45, 2.75) is 12.7 Å². The molecule has 0 spiro atoms. The van der Waals surface area contributed by atoms with Gasteiger partial charge in [0.2, 0.25) is 5.95 Å². The average molecular weight is 394 g/mol. The summed E-state index contributed by atoms with van der Waals surface area (Å²) in [5, 5.41) is 10.7. The number of alkyl halides is 3. The van der Waals surface area contributed by atoms with E-state index >= 15 is 0 Å². The van der Waals surface area contributed by atoms with E-state index < -0.39 is 11.7 Å². The Kier molecular flexibility index (Phi) is 5.46. The molecular formula is C18H15ClF3N5. The van der Waals surface area contributed by atoms with E-state index in [2.05, 4.69) is 20.5 Å². The Bertz CT molecular complexity index is 918. The maximum absolute atomic E-state index is 12.9. The van der Waals surface area contributed by atoms with Gasteiger partial charge in [-0.3, -0.25) is 0 Å². The molecule has 0 aliphatic carbocycles. The third-order valence-corrected chi connectivity index (χ3v) is 4.04. The van der Waals surface area contributed by atoms with Crippen molar-refractivity contribution in [2.75, 3.05) is 17.3 Å². The molecule has 3 rings (SSSR count). The molecule has 2 aromatic carbocycles. The van der Waals surface area contributed by atoms with Gasteiger partial charge < -0.3 is 10.2 Å². The minimum Gasteiger partial charge on any atom is -0.338 e. The second kappa shape index (κ2) is 7.79. The molecule has 0 radical (unpaired) electrons. The van der Waals surface area contributed by atoms with Gasteiger partial charge in [0.25, 0.3) is 0 Å². The fourth-order valence-electron chi connectivity index (χ4n) is 2.38. The molecule has 0 atom stereocenters. The van der Waals surface area contributed by atoms with Gasteiger partial charge in [-0.1, -0.05) is 41.9 Å². The quantitative estimate of drug-likeness (QED) is 0.666. The van der Waals surface area contributed by atoms with Crippen LogP contribution < -0.4 is 10.2 Å². The van der Waals surface area contributed by atoms with Crippen LogP contribution >= 0.6 is 11.6 Å². The van der Waals surface area contributed by atoms with Crippen molar-refractivity contribution >= 4 is 29.1 Å². The maximum atomic E-state index is 12.9. The molecule has 0 bridgehead atoms. The average Bonchev–Trinajstić information content (AvgIpc) is 2.64. The summed E-state index contributed by atoms with van der Waals surface area (Å²) in [5.41, 5.74) is 0.337. The topological polar surface area (TPSA) is 53.9 Å². The van der Waals surface area contributed by atoms with Crippen molar-refractivity contribution in [1.29, 1.82) is 0 Å². The first kappa shape index (κ1) is 18.9. The third kappa shape index (κ3) is 4.85. The van der Waals surface area contributed by atoms with Crippen molar-refractivity contribution in [1.82, 2.24) is 15.2 Å². The molecule has 0 aliphatic rings. The lowest BCUT2D eigenvalue weighted by molar-refractivity contribution is -0.137. The summed E-state index contributed by atoms with van der Waals surface area (Å²) in [6.45, 7) is 0.552. The van der Waals surface area contributed by atoms with E-state index in [-0.39, 0.29) is 16.5 Å². The van der Waals surface area contributed by atoms with Crippen molar-refractivity contribution in [2.24, 2.45) is 0 Å². The molecular weight excluding hydrogens is 379 g/mol. The fourth-order valence-corrected chi connectivity index (χ4v) is 2.54. The SMILES string of the molecule is CN(Cc1ccccc1)c1nncc(Nc2cc(C(F)(F)F)ccc2Cl)n1. The number of nitrogens with zero attached hydrogens (tertiary/aromatic N) is 4. The summed E-state index contributed by atoms with van der Waals surface area (Å²) < 4.78 is 38.7. The van der Waals surface area contributed by atoms with Crippen LogP contribution in [-0.2, 0) is 12.7 Å². The van der Waals surface area contributed by atoms with E-state index in [1.54, 1.807) is 11.9 Å². The van der Waals surface area contributed by atoms with Crippen LogP contribution in [0.5, 0.6) is 0 Å². The molecule has 1 N–H and O–H groups in total. The summed E-state index contributed by atoms with van der Waals surface area (Å²) in [7, 11) is 1.80. The van der Waals surface area contributed by atoms with Gasteiger partial charge in [-0.05, 0) is 23.8 Å². The number of anilines is 3. The number of aromatic nitrogens is 3. The molecule has 27 heavy (non-hydrogen) atoms. The molecule has 0 aliphatic heterocycles. The van der Waals surface area contributed by atoms with Crippen molar-refractivity contribution in [3.05, 3.63) is 70.9 Å². The Morgan fingerprint density at radius 2 is 1.85 bits per heavy atom. The molecule has 0 saturated heterocycles. The molecule has 1 aromatic heterocycles. The van der Waals surface area contributed by atoms with E-state index in [4.69, 9.17) is 11.6 Å². The number of halogens is 4. The zero-order valence-corrected chi connectivity index (χ0v) is 15.0. The van der Waals surface area contributed by atoms with Crippen LogP contribution in [0.25, 0.3) is 0 Å². The van der Waals surface area contributed by atoms with Gasteiger partial charge >= 0.3 is 6.18 Å².